The van der Waals surface area contributed by atoms with Gasteiger partial charge in [-0.2, -0.15) is 0 Å². The van der Waals surface area contributed by atoms with Crippen LogP contribution in [0, 0.1) is 5.41 Å². The summed E-state index contributed by atoms with van der Waals surface area (Å²) < 4.78 is 27.1. The Balaban J connectivity index is 1.30. The minimum absolute atomic E-state index is 0.245. The largest absolute Gasteiger partial charge is 0.395 e. The van der Waals surface area contributed by atoms with E-state index in [0.717, 1.165) is 36.8 Å². The minimum atomic E-state index is -3.68. The van der Waals surface area contributed by atoms with Gasteiger partial charge in [-0.05, 0) is 85.8 Å². The Hall–Kier alpha value is -3.17. The van der Waals surface area contributed by atoms with Crippen LogP contribution in [0.3, 0.4) is 0 Å². The smallest absolute Gasteiger partial charge is 0.257 e. The van der Waals surface area contributed by atoms with Crippen molar-refractivity contribution < 1.29 is 18.3 Å². The molecule has 1 amide bonds. The number of amides is 1. The van der Waals surface area contributed by atoms with Gasteiger partial charge in [0.2, 0.25) is 10.0 Å². The molecule has 0 atom stereocenters. The fraction of sp³-hybridized carbons (Fsp3) is 0.429. The maximum atomic E-state index is 13.6. The number of hydrogen-bond acceptors (Lipinski definition) is 6. The lowest BCUT2D eigenvalue weighted by Gasteiger charge is -2.35. The number of sulfonamides is 1. The number of piperidine rings is 1. The van der Waals surface area contributed by atoms with E-state index in [1.807, 2.05) is 12.1 Å². The lowest BCUT2D eigenvalue weighted by Crippen LogP contribution is -2.35. The molecule has 6 rings (SSSR count). The fourth-order valence-electron chi connectivity index (χ4n) is 5.43. The Morgan fingerprint density at radius 3 is 2.54 bits per heavy atom. The molecule has 1 aromatic heterocycles. The van der Waals surface area contributed by atoms with Crippen LogP contribution >= 0.6 is 0 Å². The van der Waals surface area contributed by atoms with Crippen LogP contribution in [-0.4, -0.2) is 49.9 Å². The van der Waals surface area contributed by atoms with Crippen molar-refractivity contribution in [2.24, 2.45) is 5.41 Å². The summed E-state index contributed by atoms with van der Waals surface area (Å²) in [4.78, 5) is 20.3. The Labute approximate surface area is 217 Å². The molecule has 1 saturated heterocycles. The molecule has 3 N–H and O–H groups in total. The molecule has 0 unspecified atom stereocenters. The number of fused-ring (bicyclic) bond motifs is 1. The van der Waals surface area contributed by atoms with Crippen molar-refractivity contribution >= 4 is 43.9 Å². The van der Waals surface area contributed by atoms with E-state index in [9.17, 15) is 13.2 Å². The number of hydrogen-bond donors (Lipinski definition) is 3. The van der Waals surface area contributed by atoms with Crippen molar-refractivity contribution in [3.63, 3.8) is 0 Å². The fourth-order valence-corrected chi connectivity index (χ4v) is 6.26. The topological polar surface area (TPSA) is 112 Å². The molecule has 194 valence electrons. The number of aliphatic hydroxyl groups excluding tert-OH is 1. The monoisotopic (exact) mass is 520 g/mol. The summed E-state index contributed by atoms with van der Waals surface area (Å²) in [7, 11) is -3.68. The van der Waals surface area contributed by atoms with Gasteiger partial charge in [0.1, 0.15) is 0 Å². The van der Waals surface area contributed by atoms with E-state index in [1.54, 1.807) is 24.4 Å². The highest BCUT2D eigenvalue weighted by atomic mass is 32.2. The van der Waals surface area contributed by atoms with Crippen LogP contribution in [-0.2, 0) is 10.0 Å². The summed E-state index contributed by atoms with van der Waals surface area (Å²) in [5.74, 6) is -0.00105. The number of benzene rings is 2. The van der Waals surface area contributed by atoms with E-state index in [4.69, 9.17) is 5.11 Å². The van der Waals surface area contributed by atoms with Crippen molar-refractivity contribution in [2.75, 3.05) is 40.4 Å². The molecule has 2 aliphatic carbocycles. The van der Waals surface area contributed by atoms with E-state index < -0.39 is 16.6 Å². The number of pyridine rings is 1. The Morgan fingerprint density at radius 2 is 1.84 bits per heavy atom. The second kappa shape index (κ2) is 9.29. The van der Waals surface area contributed by atoms with Crippen molar-refractivity contribution in [1.29, 1.82) is 0 Å². The number of anilines is 3. The number of nitrogens with zero attached hydrogens (tertiary/aromatic N) is 2. The van der Waals surface area contributed by atoms with E-state index in [1.165, 1.54) is 31.2 Å². The Kier molecular flexibility index (Phi) is 6.07. The lowest BCUT2D eigenvalue weighted by molar-refractivity contribution is 0.102. The second-order valence-corrected chi connectivity index (χ2v) is 12.6. The van der Waals surface area contributed by atoms with E-state index in [0.29, 0.717) is 34.0 Å². The lowest BCUT2D eigenvalue weighted by atomic mass is 9.93. The van der Waals surface area contributed by atoms with E-state index in [-0.39, 0.29) is 11.7 Å². The van der Waals surface area contributed by atoms with Crippen molar-refractivity contribution in [3.8, 4) is 0 Å². The van der Waals surface area contributed by atoms with Crippen LogP contribution in [0.2, 0.25) is 0 Å². The van der Waals surface area contributed by atoms with Gasteiger partial charge in [-0.1, -0.05) is 12.1 Å². The Bertz CT molecular complexity index is 1450. The standard InChI is InChI=1S/C28H32N4O4S/c33-15-16-37(35,36)31-21-4-6-23(26(18-21)32-13-10-28(8-9-28)11-14-32)27(34)30-24-7-12-29-25-17-20(19-1-2-19)3-5-22(24)25/h3-7,12,17-19,31,33H,1-2,8-11,13-16H2,(H,29,30,34). The van der Waals surface area contributed by atoms with Crippen LogP contribution in [0.4, 0.5) is 17.1 Å². The molecule has 0 radical (unpaired) electrons. The number of carbonyl (C=O) groups excluding carboxylic acids is 1. The normalized spacial score (nSPS) is 18.7. The third kappa shape index (κ3) is 5.15. The molecule has 2 heterocycles. The molecule has 2 aromatic carbocycles. The van der Waals surface area contributed by atoms with Gasteiger partial charge in [0.25, 0.3) is 5.91 Å². The van der Waals surface area contributed by atoms with Gasteiger partial charge in [-0.15, -0.1) is 0 Å². The first-order valence-electron chi connectivity index (χ1n) is 13.1. The van der Waals surface area contributed by atoms with Crippen molar-refractivity contribution in [1.82, 2.24) is 4.98 Å². The molecule has 37 heavy (non-hydrogen) atoms. The predicted octanol–water partition coefficient (Wildman–Crippen LogP) is 4.48. The molecule has 3 aliphatic rings. The van der Waals surface area contributed by atoms with Crippen LogP contribution in [0.5, 0.6) is 0 Å². The maximum Gasteiger partial charge on any atom is 0.257 e. The summed E-state index contributed by atoms with van der Waals surface area (Å²) >= 11 is 0. The first-order valence-corrected chi connectivity index (χ1v) is 14.7. The van der Waals surface area contributed by atoms with E-state index in [2.05, 4.69) is 32.1 Å². The van der Waals surface area contributed by atoms with Crippen molar-refractivity contribution in [2.45, 2.75) is 44.4 Å². The zero-order valence-electron chi connectivity index (χ0n) is 20.7. The highest BCUT2D eigenvalue weighted by molar-refractivity contribution is 7.92. The average Bonchev–Trinajstić information content (AvgIpc) is 3.81. The SMILES string of the molecule is O=C(Nc1ccnc2cc(C3CC3)ccc12)c1ccc(NS(=O)(=O)CCO)cc1N1CCC2(CC1)CC2. The van der Waals surface area contributed by atoms with Crippen LogP contribution in [0.1, 0.15) is 60.4 Å². The summed E-state index contributed by atoms with van der Waals surface area (Å²) in [6.45, 7) is 1.20. The minimum Gasteiger partial charge on any atom is -0.395 e. The third-order valence-corrected chi connectivity index (χ3v) is 9.33. The zero-order valence-corrected chi connectivity index (χ0v) is 21.6. The van der Waals surface area contributed by atoms with Gasteiger partial charge in [-0.3, -0.25) is 14.5 Å². The zero-order chi connectivity index (χ0) is 25.6. The third-order valence-electron chi connectivity index (χ3n) is 8.06. The molecular weight excluding hydrogens is 488 g/mol. The molecular formula is C28H32N4O4S. The molecule has 2 saturated carbocycles. The first kappa shape index (κ1) is 24.2. The van der Waals surface area contributed by atoms with E-state index >= 15 is 0 Å². The quantitative estimate of drug-likeness (QED) is 0.404. The van der Waals surface area contributed by atoms with Gasteiger partial charge < -0.3 is 15.3 Å². The highest BCUT2D eigenvalue weighted by Crippen LogP contribution is 2.54. The second-order valence-electron chi connectivity index (χ2n) is 10.7. The number of rotatable bonds is 8. The molecule has 1 spiro atoms. The van der Waals surface area contributed by atoms with Gasteiger partial charge in [0, 0.05) is 24.7 Å². The summed E-state index contributed by atoms with van der Waals surface area (Å²) in [5.41, 5.74) is 4.92. The van der Waals surface area contributed by atoms with Gasteiger partial charge in [-0.25, -0.2) is 8.42 Å². The molecule has 3 fully saturated rings. The average molecular weight is 521 g/mol. The van der Waals surface area contributed by atoms with Crippen molar-refractivity contribution in [3.05, 3.63) is 59.8 Å². The van der Waals surface area contributed by atoms with Crippen LogP contribution in [0.25, 0.3) is 10.9 Å². The number of aliphatic hydroxyl groups is 1. The molecule has 8 nitrogen and oxygen atoms in total. The maximum absolute atomic E-state index is 13.6. The summed E-state index contributed by atoms with van der Waals surface area (Å²) in [5, 5.41) is 13.1. The molecule has 1 aliphatic heterocycles. The van der Waals surface area contributed by atoms with Crippen LogP contribution < -0.4 is 14.9 Å². The van der Waals surface area contributed by atoms with Gasteiger partial charge in [0.15, 0.2) is 0 Å². The predicted molar refractivity (Wildman–Crippen MR) is 146 cm³/mol. The van der Waals surface area contributed by atoms with Crippen LogP contribution in [0.15, 0.2) is 48.7 Å². The summed E-state index contributed by atoms with van der Waals surface area (Å²) in [6, 6.07) is 13.1. The number of aromatic nitrogens is 1. The summed E-state index contributed by atoms with van der Waals surface area (Å²) in [6.07, 6.45) is 8.84. The Morgan fingerprint density at radius 1 is 1.05 bits per heavy atom. The highest BCUT2D eigenvalue weighted by Gasteiger charge is 2.44. The molecule has 3 aromatic rings. The first-order chi connectivity index (χ1) is 17.8. The molecule has 9 heteroatoms. The number of carbonyl (C=O) groups is 1. The molecule has 0 bridgehead atoms. The van der Waals surface area contributed by atoms with Gasteiger partial charge in [0.05, 0.1) is 40.5 Å². The number of nitrogens with one attached hydrogen (secondary N) is 2. The van der Waals surface area contributed by atoms with Gasteiger partial charge >= 0.3 is 0 Å².